The molecule has 0 saturated carbocycles. The summed E-state index contributed by atoms with van der Waals surface area (Å²) in [4.78, 5) is 8.20. The Hall–Kier alpha value is -1.84. The zero-order valence-corrected chi connectivity index (χ0v) is 8.01. The van der Waals surface area contributed by atoms with E-state index in [-0.39, 0.29) is 0 Å². The Balaban J connectivity index is 1.99. The second-order valence-corrected chi connectivity index (χ2v) is 3.06. The number of nitrogens with one attached hydrogen (secondary N) is 1. The SMILES string of the molecule is Cn1cncc1CNc1ccccn1. The van der Waals surface area contributed by atoms with Gasteiger partial charge in [0.2, 0.25) is 0 Å². The maximum Gasteiger partial charge on any atom is 0.126 e. The van der Waals surface area contributed by atoms with E-state index in [1.165, 1.54) is 0 Å². The van der Waals surface area contributed by atoms with Gasteiger partial charge < -0.3 is 9.88 Å². The number of nitrogens with zero attached hydrogens (tertiary/aromatic N) is 3. The molecule has 0 atom stereocenters. The third-order valence-electron chi connectivity index (χ3n) is 2.03. The molecular weight excluding hydrogens is 176 g/mol. The van der Waals surface area contributed by atoms with Gasteiger partial charge in [-0.2, -0.15) is 0 Å². The van der Waals surface area contributed by atoms with Gasteiger partial charge in [-0.3, -0.25) is 0 Å². The molecule has 0 spiro atoms. The molecule has 0 radical (unpaired) electrons. The van der Waals surface area contributed by atoms with Crippen molar-refractivity contribution in [1.82, 2.24) is 14.5 Å². The van der Waals surface area contributed by atoms with Crippen molar-refractivity contribution in [3.8, 4) is 0 Å². The van der Waals surface area contributed by atoms with Gasteiger partial charge in [0.25, 0.3) is 0 Å². The summed E-state index contributed by atoms with van der Waals surface area (Å²) < 4.78 is 1.98. The predicted octanol–water partition coefficient (Wildman–Crippen LogP) is 1.43. The maximum atomic E-state index is 4.17. The van der Waals surface area contributed by atoms with Crippen LogP contribution in [0.25, 0.3) is 0 Å². The Kier molecular flexibility index (Phi) is 2.44. The number of pyridine rings is 1. The third kappa shape index (κ3) is 1.90. The van der Waals surface area contributed by atoms with E-state index in [0.29, 0.717) is 0 Å². The highest BCUT2D eigenvalue weighted by Crippen LogP contribution is 2.03. The Morgan fingerprint density at radius 3 is 3.00 bits per heavy atom. The molecule has 0 aromatic carbocycles. The first-order chi connectivity index (χ1) is 6.86. The fraction of sp³-hybridized carbons (Fsp3) is 0.200. The number of aryl methyl sites for hydroxylation is 1. The minimum absolute atomic E-state index is 0.744. The summed E-state index contributed by atoms with van der Waals surface area (Å²) in [7, 11) is 1.97. The van der Waals surface area contributed by atoms with Crippen LogP contribution in [-0.4, -0.2) is 14.5 Å². The average Bonchev–Trinajstić information content (AvgIpc) is 2.63. The molecule has 0 aliphatic heterocycles. The van der Waals surface area contributed by atoms with E-state index in [2.05, 4.69) is 15.3 Å². The first kappa shape index (κ1) is 8.74. The van der Waals surface area contributed by atoms with Crippen LogP contribution in [0.15, 0.2) is 36.9 Å². The van der Waals surface area contributed by atoms with Crippen molar-refractivity contribution in [2.45, 2.75) is 6.54 Å². The highest BCUT2D eigenvalue weighted by atomic mass is 15.1. The summed E-state index contributed by atoms with van der Waals surface area (Å²) in [6.07, 6.45) is 5.40. The van der Waals surface area contributed by atoms with Gasteiger partial charge in [-0.05, 0) is 12.1 Å². The largest absolute Gasteiger partial charge is 0.364 e. The van der Waals surface area contributed by atoms with E-state index < -0.39 is 0 Å². The summed E-state index contributed by atoms with van der Waals surface area (Å²) >= 11 is 0. The molecule has 0 saturated heterocycles. The highest BCUT2D eigenvalue weighted by molar-refractivity contribution is 5.33. The number of aromatic nitrogens is 3. The molecular formula is C10H12N4. The Morgan fingerprint density at radius 1 is 1.43 bits per heavy atom. The lowest BCUT2D eigenvalue weighted by molar-refractivity contribution is 0.835. The van der Waals surface area contributed by atoms with Crippen molar-refractivity contribution in [2.24, 2.45) is 7.05 Å². The van der Waals surface area contributed by atoms with E-state index in [4.69, 9.17) is 0 Å². The second-order valence-electron chi connectivity index (χ2n) is 3.06. The molecule has 4 nitrogen and oxygen atoms in total. The molecule has 4 heteroatoms. The van der Waals surface area contributed by atoms with Crippen LogP contribution in [0, 0.1) is 0 Å². The van der Waals surface area contributed by atoms with Crippen LogP contribution in [0.2, 0.25) is 0 Å². The third-order valence-corrected chi connectivity index (χ3v) is 2.03. The standard InChI is InChI=1S/C10H12N4/c1-14-8-11-6-9(14)7-13-10-4-2-3-5-12-10/h2-6,8H,7H2,1H3,(H,12,13). The Bertz CT molecular complexity index is 394. The Labute approximate surface area is 82.6 Å². The van der Waals surface area contributed by atoms with Crippen LogP contribution >= 0.6 is 0 Å². The van der Waals surface area contributed by atoms with Crippen molar-refractivity contribution >= 4 is 5.82 Å². The molecule has 0 unspecified atom stereocenters. The summed E-state index contributed by atoms with van der Waals surface area (Å²) in [5.41, 5.74) is 1.13. The Morgan fingerprint density at radius 2 is 2.36 bits per heavy atom. The molecule has 0 aliphatic carbocycles. The molecule has 0 amide bonds. The van der Waals surface area contributed by atoms with Gasteiger partial charge in [0.1, 0.15) is 5.82 Å². The zero-order valence-electron chi connectivity index (χ0n) is 8.01. The fourth-order valence-corrected chi connectivity index (χ4v) is 1.20. The van der Waals surface area contributed by atoms with Gasteiger partial charge in [-0.15, -0.1) is 0 Å². The summed E-state index contributed by atoms with van der Waals surface area (Å²) in [5.74, 6) is 0.883. The highest BCUT2D eigenvalue weighted by Gasteiger charge is 1.97. The van der Waals surface area contributed by atoms with Crippen LogP contribution in [0.4, 0.5) is 5.82 Å². The molecule has 2 rings (SSSR count). The zero-order chi connectivity index (χ0) is 9.80. The summed E-state index contributed by atoms with van der Waals surface area (Å²) in [6, 6.07) is 5.80. The van der Waals surface area contributed by atoms with Crippen molar-refractivity contribution in [3.63, 3.8) is 0 Å². The van der Waals surface area contributed by atoms with Gasteiger partial charge in [-0.25, -0.2) is 9.97 Å². The monoisotopic (exact) mass is 188 g/mol. The van der Waals surface area contributed by atoms with Gasteiger partial charge in [0.05, 0.1) is 18.6 Å². The van der Waals surface area contributed by atoms with Crippen molar-refractivity contribution in [1.29, 1.82) is 0 Å². The smallest absolute Gasteiger partial charge is 0.126 e. The number of hydrogen-bond acceptors (Lipinski definition) is 3. The minimum atomic E-state index is 0.744. The maximum absolute atomic E-state index is 4.17. The summed E-state index contributed by atoms with van der Waals surface area (Å²) in [6.45, 7) is 0.744. The average molecular weight is 188 g/mol. The van der Waals surface area contributed by atoms with E-state index >= 15 is 0 Å². The second kappa shape index (κ2) is 3.91. The van der Waals surface area contributed by atoms with E-state index in [1.807, 2.05) is 36.0 Å². The van der Waals surface area contributed by atoms with E-state index in [0.717, 1.165) is 18.1 Å². The van der Waals surface area contributed by atoms with Crippen LogP contribution in [0.3, 0.4) is 0 Å². The molecule has 0 aliphatic rings. The van der Waals surface area contributed by atoms with Crippen LogP contribution in [0.5, 0.6) is 0 Å². The topological polar surface area (TPSA) is 42.7 Å². The molecule has 0 bridgehead atoms. The van der Waals surface area contributed by atoms with Gasteiger partial charge in [-0.1, -0.05) is 6.07 Å². The van der Waals surface area contributed by atoms with Gasteiger partial charge in [0.15, 0.2) is 0 Å². The lowest BCUT2D eigenvalue weighted by Gasteiger charge is -2.04. The lowest BCUT2D eigenvalue weighted by atomic mass is 10.4. The number of anilines is 1. The molecule has 1 N–H and O–H groups in total. The molecule has 2 heterocycles. The molecule has 14 heavy (non-hydrogen) atoms. The van der Waals surface area contributed by atoms with Crippen molar-refractivity contribution < 1.29 is 0 Å². The normalized spacial score (nSPS) is 10.1. The van der Waals surface area contributed by atoms with E-state index in [9.17, 15) is 0 Å². The lowest BCUT2D eigenvalue weighted by Crippen LogP contribution is -2.04. The van der Waals surface area contributed by atoms with Crippen molar-refractivity contribution in [2.75, 3.05) is 5.32 Å². The quantitative estimate of drug-likeness (QED) is 0.792. The number of hydrogen-bond donors (Lipinski definition) is 1. The molecule has 2 aromatic rings. The fourth-order valence-electron chi connectivity index (χ4n) is 1.20. The molecule has 0 fully saturated rings. The molecule has 72 valence electrons. The molecule has 2 aromatic heterocycles. The minimum Gasteiger partial charge on any atom is -0.364 e. The van der Waals surface area contributed by atoms with Gasteiger partial charge >= 0.3 is 0 Å². The predicted molar refractivity (Wildman–Crippen MR) is 54.8 cm³/mol. The van der Waals surface area contributed by atoms with Crippen LogP contribution in [0.1, 0.15) is 5.69 Å². The number of imidazole rings is 1. The first-order valence-corrected chi connectivity index (χ1v) is 4.46. The van der Waals surface area contributed by atoms with Gasteiger partial charge in [0, 0.05) is 19.4 Å². The van der Waals surface area contributed by atoms with E-state index in [1.54, 1.807) is 12.5 Å². The van der Waals surface area contributed by atoms with Crippen molar-refractivity contribution in [3.05, 3.63) is 42.6 Å². The summed E-state index contributed by atoms with van der Waals surface area (Å²) in [5, 5.41) is 3.22. The first-order valence-electron chi connectivity index (χ1n) is 4.46. The number of rotatable bonds is 3. The van der Waals surface area contributed by atoms with Crippen LogP contribution < -0.4 is 5.32 Å². The van der Waals surface area contributed by atoms with Crippen LogP contribution in [-0.2, 0) is 13.6 Å².